The summed E-state index contributed by atoms with van der Waals surface area (Å²) in [7, 11) is 0. The van der Waals surface area contributed by atoms with Crippen molar-refractivity contribution >= 4 is 23.9 Å². The fraction of sp³-hybridized carbons (Fsp3) is 0.810. The van der Waals surface area contributed by atoms with Gasteiger partial charge in [-0.1, -0.05) is 39.5 Å². The highest BCUT2D eigenvalue weighted by atomic mass is 16.4. The summed E-state index contributed by atoms with van der Waals surface area (Å²) in [6.45, 7) is 4.28. The maximum absolute atomic E-state index is 11.1. The average Bonchev–Trinajstić information content (AvgIpc) is 2.89. The lowest BCUT2D eigenvalue weighted by Gasteiger charge is -2.27. The summed E-state index contributed by atoms with van der Waals surface area (Å²) in [6, 6.07) is 0. The van der Waals surface area contributed by atoms with Crippen LogP contribution in [0.4, 0.5) is 0 Å². The standard InChI is InChI=1S/C21H34O8/c1-3-6-13-11-12(2)14(7-4-9-16(18(22)23)19(24)25)15(13)8-5-10-17(20(26)27)21(28)29/h12-17H,3-11H2,1-2H3,(H,22,23)(H,24,25)(H,26,27)(H,28,29). The van der Waals surface area contributed by atoms with Gasteiger partial charge in [0.05, 0.1) is 0 Å². The van der Waals surface area contributed by atoms with Crippen molar-refractivity contribution in [2.24, 2.45) is 35.5 Å². The maximum Gasteiger partial charge on any atom is 0.317 e. The van der Waals surface area contributed by atoms with Gasteiger partial charge in [0.1, 0.15) is 0 Å². The van der Waals surface area contributed by atoms with Gasteiger partial charge in [-0.05, 0) is 55.8 Å². The minimum absolute atomic E-state index is 0.0964. The summed E-state index contributed by atoms with van der Waals surface area (Å²) in [5.41, 5.74) is 0. The van der Waals surface area contributed by atoms with Gasteiger partial charge in [-0.25, -0.2) is 0 Å². The van der Waals surface area contributed by atoms with Crippen LogP contribution in [0.25, 0.3) is 0 Å². The highest BCUT2D eigenvalue weighted by Gasteiger charge is 2.40. The van der Waals surface area contributed by atoms with E-state index >= 15 is 0 Å². The van der Waals surface area contributed by atoms with Gasteiger partial charge in [0.25, 0.3) is 0 Å². The third-order valence-corrected chi connectivity index (χ3v) is 6.47. The fourth-order valence-corrected chi connectivity index (χ4v) is 5.07. The Labute approximate surface area is 171 Å². The SMILES string of the molecule is CCCC1CC(C)C(CCCC(C(=O)O)C(=O)O)C1CCCC(C(=O)O)C(=O)O. The molecule has 1 aliphatic rings. The molecular formula is C21H34O8. The number of hydrogen-bond donors (Lipinski definition) is 4. The molecule has 4 unspecified atom stereocenters. The quantitative estimate of drug-likeness (QED) is 0.315. The zero-order valence-corrected chi connectivity index (χ0v) is 17.2. The Balaban J connectivity index is 2.72. The zero-order valence-electron chi connectivity index (χ0n) is 17.2. The van der Waals surface area contributed by atoms with E-state index in [0.29, 0.717) is 36.5 Å². The molecule has 0 spiro atoms. The number of carbonyl (C=O) groups is 4. The van der Waals surface area contributed by atoms with Crippen LogP contribution in [0, 0.1) is 35.5 Å². The second-order valence-corrected chi connectivity index (χ2v) is 8.41. The summed E-state index contributed by atoms with van der Waals surface area (Å²) in [6.07, 6.45) is 5.85. The molecule has 8 nitrogen and oxygen atoms in total. The minimum Gasteiger partial charge on any atom is -0.481 e. The first-order chi connectivity index (χ1) is 13.6. The average molecular weight is 414 g/mol. The molecular weight excluding hydrogens is 380 g/mol. The Morgan fingerprint density at radius 3 is 1.55 bits per heavy atom. The monoisotopic (exact) mass is 414 g/mol. The predicted molar refractivity (Wildman–Crippen MR) is 104 cm³/mol. The van der Waals surface area contributed by atoms with Crippen LogP contribution in [-0.4, -0.2) is 44.3 Å². The highest BCUT2D eigenvalue weighted by molar-refractivity contribution is 5.93. The Morgan fingerprint density at radius 1 is 0.759 bits per heavy atom. The van der Waals surface area contributed by atoms with Gasteiger partial charge in [0.2, 0.25) is 0 Å². The van der Waals surface area contributed by atoms with E-state index < -0.39 is 35.7 Å². The van der Waals surface area contributed by atoms with Crippen molar-refractivity contribution in [2.75, 3.05) is 0 Å². The van der Waals surface area contributed by atoms with E-state index in [1.165, 1.54) is 0 Å². The van der Waals surface area contributed by atoms with Gasteiger partial charge in [0.15, 0.2) is 11.8 Å². The summed E-state index contributed by atoms with van der Waals surface area (Å²) in [5, 5.41) is 36.2. The van der Waals surface area contributed by atoms with Gasteiger partial charge in [-0.15, -0.1) is 0 Å². The van der Waals surface area contributed by atoms with Gasteiger partial charge < -0.3 is 20.4 Å². The molecule has 0 aromatic carbocycles. The summed E-state index contributed by atoms with van der Waals surface area (Å²) >= 11 is 0. The summed E-state index contributed by atoms with van der Waals surface area (Å²) in [5.74, 6) is -6.45. The van der Waals surface area contributed by atoms with Crippen LogP contribution in [0.15, 0.2) is 0 Å². The van der Waals surface area contributed by atoms with E-state index in [2.05, 4.69) is 13.8 Å². The molecule has 0 saturated heterocycles. The predicted octanol–water partition coefficient (Wildman–Crippen LogP) is 3.59. The number of aliphatic carboxylic acids is 4. The van der Waals surface area contributed by atoms with Crippen LogP contribution in [-0.2, 0) is 19.2 Å². The van der Waals surface area contributed by atoms with Crippen LogP contribution in [0.3, 0.4) is 0 Å². The van der Waals surface area contributed by atoms with Gasteiger partial charge in [-0.2, -0.15) is 0 Å². The van der Waals surface area contributed by atoms with Crippen molar-refractivity contribution in [2.45, 2.75) is 71.6 Å². The molecule has 1 aliphatic carbocycles. The molecule has 1 fully saturated rings. The van der Waals surface area contributed by atoms with E-state index in [-0.39, 0.29) is 12.8 Å². The molecule has 0 aliphatic heterocycles. The van der Waals surface area contributed by atoms with E-state index in [9.17, 15) is 19.2 Å². The first-order valence-electron chi connectivity index (χ1n) is 10.5. The molecule has 0 amide bonds. The highest BCUT2D eigenvalue weighted by Crippen LogP contribution is 2.48. The molecule has 29 heavy (non-hydrogen) atoms. The van der Waals surface area contributed by atoms with Crippen molar-refractivity contribution in [3.63, 3.8) is 0 Å². The molecule has 0 aromatic heterocycles. The lowest BCUT2D eigenvalue weighted by Crippen LogP contribution is -2.25. The molecule has 166 valence electrons. The molecule has 8 heteroatoms. The van der Waals surface area contributed by atoms with Crippen molar-refractivity contribution < 1.29 is 39.6 Å². The van der Waals surface area contributed by atoms with E-state index in [4.69, 9.17) is 20.4 Å². The lowest BCUT2D eigenvalue weighted by molar-refractivity contribution is -0.156. The van der Waals surface area contributed by atoms with Crippen LogP contribution < -0.4 is 0 Å². The fourth-order valence-electron chi connectivity index (χ4n) is 5.07. The number of rotatable bonds is 14. The van der Waals surface area contributed by atoms with E-state index in [1.807, 2.05) is 0 Å². The van der Waals surface area contributed by atoms with Crippen LogP contribution in [0.5, 0.6) is 0 Å². The third-order valence-electron chi connectivity index (χ3n) is 6.47. The molecule has 0 aromatic rings. The molecule has 4 atom stereocenters. The van der Waals surface area contributed by atoms with Crippen LogP contribution >= 0.6 is 0 Å². The van der Waals surface area contributed by atoms with E-state index in [0.717, 1.165) is 32.1 Å². The number of carboxylic acids is 4. The second kappa shape index (κ2) is 11.8. The number of carboxylic acid groups (broad SMARTS) is 4. The molecule has 0 heterocycles. The molecule has 1 saturated carbocycles. The van der Waals surface area contributed by atoms with Crippen LogP contribution in [0.2, 0.25) is 0 Å². The van der Waals surface area contributed by atoms with Gasteiger partial charge in [-0.3, -0.25) is 19.2 Å². The van der Waals surface area contributed by atoms with Crippen molar-refractivity contribution in [1.82, 2.24) is 0 Å². The molecule has 0 bridgehead atoms. The first-order valence-corrected chi connectivity index (χ1v) is 10.5. The first kappa shape index (κ1) is 24.9. The third kappa shape index (κ3) is 7.33. The normalized spacial score (nSPS) is 24.1. The number of hydrogen-bond acceptors (Lipinski definition) is 4. The second-order valence-electron chi connectivity index (χ2n) is 8.41. The molecule has 0 radical (unpaired) electrons. The lowest BCUT2D eigenvalue weighted by atomic mass is 9.78. The van der Waals surface area contributed by atoms with Crippen molar-refractivity contribution in [1.29, 1.82) is 0 Å². The topological polar surface area (TPSA) is 149 Å². The maximum atomic E-state index is 11.1. The van der Waals surface area contributed by atoms with Gasteiger partial charge in [0, 0.05) is 0 Å². The molecule has 4 N–H and O–H groups in total. The minimum atomic E-state index is -1.39. The summed E-state index contributed by atoms with van der Waals surface area (Å²) < 4.78 is 0. The van der Waals surface area contributed by atoms with Gasteiger partial charge >= 0.3 is 23.9 Å². The summed E-state index contributed by atoms with van der Waals surface area (Å²) in [4.78, 5) is 44.3. The Hall–Kier alpha value is -2.12. The Bertz CT molecular complexity index is 559. The van der Waals surface area contributed by atoms with Crippen molar-refractivity contribution in [3.8, 4) is 0 Å². The van der Waals surface area contributed by atoms with Crippen molar-refractivity contribution in [3.05, 3.63) is 0 Å². The zero-order chi connectivity index (χ0) is 22.1. The largest absolute Gasteiger partial charge is 0.481 e. The smallest absolute Gasteiger partial charge is 0.317 e. The van der Waals surface area contributed by atoms with Crippen LogP contribution in [0.1, 0.15) is 71.6 Å². The molecule has 1 rings (SSSR count). The van der Waals surface area contributed by atoms with E-state index in [1.54, 1.807) is 0 Å². The Morgan fingerprint density at radius 2 is 1.17 bits per heavy atom. The Kier molecular flexibility index (Phi) is 10.1.